The van der Waals surface area contributed by atoms with E-state index in [0.717, 1.165) is 50.9 Å². The van der Waals surface area contributed by atoms with Gasteiger partial charge in [-0.05, 0) is 95.7 Å². The van der Waals surface area contributed by atoms with Gasteiger partial charge in [-0.1, -0.05) is 221 Å². The number of hydrogen-bond donors (Lipinski definition) is 0. The largest absolute Gasteiger partial charge is 0.466 e. The molecule has 1 heterocycles. The van der Waals surface area contributed by atoms with Crippen molar-refractivity contribution in [3.8, 4) is 0 Å². The summed E-state index contributed by atoms with van der Waals surface area (Å²) < 4.78 is 27.6. The van der Waals surface area contributed by atoms with Crippen LogP contribution in [0.2, 0.25) is 0 Å². The van der Waals surface area contributed by atoms with Crippen LogP contribution in [0.15, 0.2) is 0 Å². The van der Waals surface area contributed by atoms with Gasteiger partial charge in [-0.3, -0.25) is 4.79 Å². The Bertz CT molecular complexity index is 1050. The highest BCUT2D eigenvalue weighted by Crippen LogP contribution is 2.27. The van der Waals surface area contributed by atoms with Crippen LogP contribution in [-0.2, 0) is 30.0 Å². The van der Waals surface area contributed by atoms with E-state index >= 15 is 0 Å². The number of carbonyl (C=O) groups excluding carboxylic acids is 2. The zero-order valence-electron chi connectivity index (χ0n) is 46.3. The second-order valence-corrected chi connectivity index (χ2v) is 22.7. The van der Waals surface area contributed by atoms with Crippen molar-refractivity contribution >= 4 is 23.2 Å². The molecule has 400 valence electrons. The highest BCUT2D eigenvalue weighted by atomic mass is 32.2. The zero-order valence-corrected chi connectivity index (χ0v) is 47.1. The number of methoxy groups -OCH3 is 1. The van der Waals surface area contributed by atoms with E-state index in [9.17, 15) is 13.8 Å². The second-order valence-electron chi connectivity index (χ2n) is 21.1. The molecule has 1 fully saturated rings. The summed E-state index contributed by atoms with van der Waals surface area (Å²) in [4.78, 5) is 25.5. The predicted molar refractivity (Wildman–Crippen MR) is 293 cm³/mol. The topological polar surface area (TPSA) is 76.2 Å². The van der Waals surface area contributed by atoms with Crippen LogP contribution >= 0.6 is 0 Å². The van der Waals surface area contributed by atoms with E-state index in [1.165, 1.54) is 238 Å². The molecule has 1 saturated heterocycles. The van der Waals surface area contributed by atoms with Crippen molar-refractivity contribution in [2.24, 2.45) is 17.8 Å². The molecule has 4 unspecified atom stereocenters. The van der Waals surface area contributed by atoms with E-state index in [1.807, 2.05) is 0 Å². The molecule has 0 aromatic rings. The van der Waals surface area contributed by atoms with Crippen molar-refractivity contribution in [1.82, 2.24) is 9.21 Å². The van der Waals surface area contributed by atoms with Gasteiger partial charge in [0.1, 0.15) is 6.29 Å². The molecule has 4 atom stereocenters. The number of likely N-dealkylation sites (tertiary alicyclic amines) is 1. The average molecular weight is 968 g/mol. The number of hydrogen-bond acceptors (Lipinski definition) is 6. The molecule has 1 rings (SSSR count). The van der Waals surface area contributed by atoms with Crippen LogP contribution in [0.25, 0.3) is 0 Å². The Balaban J connectivity index is 0.00000266. The fourth-order valence-corrected chi connectivity index (χ4v) is 11.6. The number of carbonyl (C=O) groups is 2. The molecule has 7 nitrogen and oxygen atoms in total. The van der Waals surface area contributed by atoms with Gasteiger partial charge >= 0.3 is 5.97 Å². The Morgan fingerprint density at radius 3 is 1.51 bits per heavy atom. The first kappa shape index (κ1) is 66.2. The Labute approximate surface area is 421 Å². The molecule has 0 saturated carbocycles. The first-order chi connectivity index (χ1) is 32.8. The van der Waals surface area contributed by atoms with Gasteiger partial charge in [0.15, 0.2) is 0 Å². The maximum atomic E-state index is 14.1. The van der Waals surface area contributed by atoms with Gasteiger partial charge in [-0.25, -0.2) is 8.51 Å². The molecule has 0 spiro atoms. The van der Waals surface area contributed by atoms with Crippen LogP contribution in [0.1, 0.15) is 291 Å². The third kappa shape index (κ3) is 42.6. The van der Waals surface area contributed by atoms with Gasteiger partial charge in [0.05, 0.1) is 17.6 Å². The van der Waals surface area contributed by atoms with Gasteiger partial charge < -0.3 is 19.2 Å². The summed E-state index contributed by atoms with van der Waals surface area (Å²) in [5.41, 5.74) is 0. The van der Waals surface area contributed by atoms with Crippen LogP contribution < -0.4 is 0 Å². The molecular weight excluding hydrogens is 849 g/mol. The van der Waals surface area contributed by atoms with Gasteiger partial charge in [0, 0.05) is 44.9 Å². The first-order valence-electron chi connectivity index (χ1n) is 29.7. The van der Waals surface area contributed by atoms with E-state index in [4.69, 9.17) is 9.47 Å². The lowest BCUT2D eigenvalue weighted by atomic mass is 9.92. The number of rotatable bonds is 49. The number of esters is 1. The van der Waals surface area contributed by atoms with E-state index < -0.39 is 11.0 Å². The molecule has 1 aliphatic rings. The maximum Gasteiger partial charge on any atom is 0.306 e. The van der Waals surface area contributed by atoms with Crippen molar-refractivity contribution in [2.75, 3.05) is 52.8 Å². The molecule has 0 amide bonds. The number of unbranched alkanes of at least 4 members (excludes halogenated alkanes) is 23. The summed E-state index contributed by atoms with van der Waals surface area (Å²) in [7, 11) is 3.17. The van der Waals surface area contributed by atoms with E-state index in [1.54, 1.807) is 7.11 Å². The molecular formula is C59H118N2O5S. The van der Waals surface area contributed by atoms with Crippen LogP contribution in [0.5, 0.6) is 0 Å². The molecule has 0 aromatic carbocycles. The highest BCUT2D eigenvalue weighted by Gasteiger charge is 2.28. The van der Waals surface area contributed by atoms with E-state index in [0.29, 0.717) is 36.8 Å². The molecule has 0 aliphatic carbocycles. The van der Waals surface area contributed by atoms with Crippen molar-refractivity contribution in [1.29, 1.82) is 0 Å². The minimum Gasteiger partial charge on any atom is -0.466 e. The lowest BCUT2D eigenvalue weighted by Crippen LogP contribution is -2.43. The molecule has 8 heteroatoms. The highest BCUT2D eigenvalue weighted by molar-refractivity contribution is 7.82. The van der Waals surface area contributed by atoms with Crippen molar-refractivity contribution in [3.63, 3.8) is 0 Å². The number of aldehydes is 1. The summed E-state index contributed by atoms with van der Waals surface area (Å²) in [6.07, 6.45) is 49.7. The lowest BCUT2D eigenvalue weighted by molar-refractivity contribution is -0.145. The quantitative estimate of drug-likeness (QED) is 0.0343. The first-order valence-corrected chi connectivity index (χ1v) is 31.0. The third-order valence-electron chi connectivity index (χ3n) is 14.7. The Morgan fingerprint density at radius 1 is 0.567 bits per heavy atom. The average Bonchev–Trinajstić information content (AvgIpc) is 3.33. The molecule has 0 aromatic heterocycles. The fraction of sp³-hybridized carbons (Fsp3) is 0.966. The van der Waals surface area contributed by atoms with Gasteiger partial charge in [-0.15, -0.1) is 0 Å². The van der Waals surface area contributed by atoms with Gasteiger partial charge in [0.2, 0.25) is 0 Å². The summed E-state index contributed by atoms with van der Waals surface area (Å²) in [6.45, 7) is 16.1. The van der Waals surface area contributed by atoms with Gasteiger partial charge in [-0.2, -0.15) is 0 Å². The Hall–Kier alpha value is -0.830. The van der Waals surface area contributed by atoms with Crippen LogP contribution in [0.3, 0.4) is 0 Å². The number of piperidine rings is 1. The number of nitrogens with zero attached hydrogens (tertiary/aromatic N) is 2. The predicted octanol–water partition coefficient (Wildman–Crippen LogP) is 17.2. The summed E-state index contributed by atoms with van der Waals surface area (Å²) in [5, 5.41) is 0. The zero-order chi connectivity index (χ0) is 49.3. The van der Waals surface area contributed by atoms with Crippen molar-refractivity contribution in [2.45, 2.75) is 297 Å². The molecule has 1 aliphatic heterocycles. The minimum atomic E-state index is -0.879. The molecule has 67 heavy (non-hydrogen) atoms. The normalized spacial score (nSPS) is 15.3. The van der Waals surface area contributed by atoms with Crippen LogP contribution in [0.4, 0.5) is 0 Å². The third-order valence-corrected chi connectivity index (χ3v) is 16.3. The fourth-order valence-electron chi connectivity index (χ4n) is 10.0. The summed E-state index contributed by atoms with van der Waals surface area (Å²) >= 11 is 0. The molecule has 0 radical (unpaired) electrons. The summed E-state index contributed by atoms with van der Waals surface area (Å²) in [6, 6.07) is 0.441. The Kier molecular flexibility index (Phi) is 50.9. The summed E-state index contributed by atoms with van der Waals surface area (Å²) in [5.74, 6) is 2.71. The standard InChI is InChI=1S/C46H92N2O4S.C13H26O/c1-6-9-12-14-23-29-40-53(50)48(42-44-34-36-47(4)37-35-44)45(32-25-19-15-17-21-27-38-51-5)33-26-20-16-18-22-28-39-52-46(49)41-43(30-11-8-3)31-24-13-10-7-2;1-3-5-7-8-10-13(11-12-14)9-6-4-2/h43-45H,6-42H2,1-5H3;12-13H,3-11H2,1-2H3. The van der Waals surface area contributed by atoms with Crippen molar-refractivity contribution in [3.05, 3.63) is 0 Å². The SMILES string of the molecule is CCCCCCC(CC=O)CCCC.CCCCCCCCS(=O)N(CC1CCN(C)CC1)C(CCCCCCCCOC)CCCCCCCCOC(=O)CC(CCCC)CCCCCC. The van der Waals surface area contributed by atoms with E-state index in [-0.39, 0.29) is 5.97 Å². The van der Waals surface area contributed by atoms with Crippen LogP contribution in [0, 0.1) is 17.8 Å². The Morgan fingerprint density at radius 2 is 0.985 bits per heavy atom. The smallest absolute Gasteiger partial charge is 0.306 e. The monoisotopic (exact) mass is 967 g/mol. The minimum absolute atomic E-state index is 0.0254. The lowest BCUT2D eigenvalue weighted by Gasteiger charge is -2.36. The van der Waals surface area contributed by atoms with Crippen LogP contribution in [-0.4, -0.2) is 84.5 Å². The van der Waals surface area contributed by atoms with Crippen molar-refractivity contribution < 1.29 is 23.3 Å². The van der Waals surface area contributed by atoms with Gasteiger partial charge in [0.25, 0.3) is 0 Å². The van der Waals surface area contributed by atoms with E-state index in [2.05, 4.69) is 50.9 Å². The number of ether oxygens (including phenoxy) is 2. The maximum absolute atomic E-state index is 14.1. The second kappa shape index (κ2) is 51.5. The molecule has 0 bridgehead atoms. The molecule has 0 N–H and O–H groups in total.